The summed E-state index contributed by atoms with van der Waals surface area (Å²) in [4.78, 5) is 18.4. The zero-order valence-corrected chi connectivity index (χ0v) is 14.4. The first kappa shape index (κ1) is 15.3. The third-order valence-electron chi connectivity index (χ3n) is 4.58. The van der Waals surface area contributed by atoms with E-state index in [1.54, 1.807) is 11.3 Å². The van der Waals surface area contributed by atoms with Crippen LogP contribution >= 0.6 is 11.3 Å². The van der Waals surface area contributed by atoms with Gasteiger partial charge in [-0.05, 0) is 37.3 Å². The van der Waals surface area contributed by atoms with Crippen molar-refractivity contribution in [1.29, 1.82) is 0 Å². The first-order chi connectivity index (χ1) is 11.7. The lowest BCUT2D eigenvalue weighted by molar-refractivity contribution is 0.0929. The zero-order chi connectivity index (χ0) is 16.5. The van der Waals surface area contributed by atoms with Crippen molar-refractivity contribution < 1.29 is 9.32 Å². The van der Waals surface area contributed by atoms with Crippen molar-refractivity contribution in [2.45, 2.75) is 45.1 Å². The quantitative estimate of drug-likeness (QED) is 0.770. The molecule has 0 aromatic carbocycles. The Bertz CT molecular complexity index is 864. The maximum atomic E-state index is 12.9. The molecular formula is C18H19N3O2S. The molecule has 0 bridgehead atoms. The predicted octanol–water partition coefficient (Wildman–Crippen LogP) is 4.32. The molecule has 1 aliphatic rings. The van der Waals surface area contributed by atoms with Crippen LogP contribution in [-0.2, 0) is 0 Å². The Morgan fingerprint density at radius 2 is 2.17 bits per heavy atom. The van der Waals surface area contributed by atoms with E-state index < -0.39 is 0 Å². The number of carbonyl (C=O) groups excluding carboxylic acids is 1. The van der Waals surface area contributed by atoms with Gasteiger partial charge in [-0.2, -0.15) is 0 Å². The molecule has 0 saturated heterocycles. The number of pyridine rings is 1. The lowest BCUT2D eigenvalue weighted by Crippen LogP contribution is -2.36. The second-order valence-corrected chi connectivity index (χ2v) is 7.24. The predicted molar refractivity (Wildman–Crippen MR) is 94.2 cm³/mol. The van der Waals surface area contributed by atoms with E-state index in [2.05, 4.69) is 15.5 Å². The summed E-state index contributed by atoms with van der Waals surface area (Å²) in [6.45, 7) is 1.84. The van der Waals surface area contributed by atoms with Crippen molar-refractivity contribution >= 4 is 28.3 Å². The molecule has 0 atom stereocenters. The van der Waals surface area contributed by atoms with Crippen LogP contribution < -0.4 is 5.32 Å². The van der Waals surface area contributed by atoms with Gasteiger partial charge in [0.25, 0.3) is 11.6 Å². The third kappa shape index (κ3) is 2.82. The number of carbonyl (C=O) groups is 1. The van der Waals surface area contributed by atoms with E-state index in [0.29, 0.717) is 22.4 Å². The summed E-state index contributed by atoms with van der Waals surface area (Å²) in [7, 11) is 0. The van der Waals surface area contributed by atoms with Crippen LogP contribution in [0.2, 0.25) is 0 Å². The molecule has 3 aromatic heterocycles. The number of aryl methyl sites for hydroxylation is 1. The molecule has 3 aromatic rings. The Morgan fingerprint density at radius 3 is 2.92 bits per heavy atom. The maximum absolute atomic E-state index is 12.9. The number of hydrogen-bond acceptors (Lipinski definition) is 5. The number of fused-ring (bicyclic) bond motifs is 1. The van der Waals surface area contributed by atoms with Crippen LogP contribution in [0.25, 0.3) is 21.7 Å². The van der Waals surface area contributed by atoms with E-state index in [9.17, 15) is 4.79 Å². The molecule has 3 heterocycles. The van der Waals surface area contributed by atoms with Gasteiger partial charge in [0.05, 0.1) is 27.2 Å². The van der Waals surface area contributed by atoms with E-state index in [1.807, 2.05) is 30.5 Å². The Balaban J connectivity index is 1.74. The summed E-state index contributed by atoms with van der Waals surface area (Å²) in [5.41, 5.74) is 2.48. The number of nitrogens with zero attached hydrogens (tertiary/aromatic N) is 2. The fourth-order valence-electron chi connectivity index (χ4n) is 3.33. The fraction of sp³-hybridized carbons (Fsp3) is 0.389. The van der Waals surface area contributed by atoms with Crippen molar-refractivity contribution in [3.8, 4) is 10.6 Å². The molecule has 1 aliphatic carbocycles. The summed E-state index contributed by atoms with van der Waals surface area (Å²) >= 11 is 1.59. The Labute approximate surface area is 144 Å². The number of thiophene rings is 1. The zero-order valence-electron chi connectivity index (χ0n) is 13.5. The molecule has 1 N–H and O–H groups in total. The smallest absolute Gasteiger partial charge is 0.259 e. The van der Waals surface area contributed by atoms with Crippen molar-refractivity contribution in [2.24, 2.45) is 0 Å². The minimum absolute atomic E-state index is 0.0570. The van der Waals surface area contributed by atoms with Gasteiger partial charge in [-0.1, -0.05) is 30.5 Å². The van der Waals surface area contributed by atoms with E-state index >= 15 is 0 Å². The SMILES string of the molecule is Cc1noc2nc(-c3cccs3)cc(C(=O)NC3CCCCC3)c12. The molecule has 1 amide bonds. The molecular weight excluding hydrogens is 322 g/mol. The van der Waals surface area contributed by atoms with Gasteiger partial charge >= 0.3 is 0 Å². The van der Waals surface area contributed by atoms with E-state index in [-0.39, 0.29) is 11.9 Å². The lowest BCUT2D eigenvalue weighted by Gasteiger charge is -2.23. The molecule has 124 valence electrons. The highest BCUT2D eigenvalue weighted by Gasteiger charge is 2.22. The Kier molecular flexibility index (Phi) is 4.06. The van der Waals surface area contributed by atoms with Gasteiger partial charge in [0, 0.05) is 6.04 Å². The minimum Gasteiger partial charge on any atom is -0.349 e. The van der Waals surface area contributed by atoms with Gasteiger partial charge < -0.3 is 9.84 Å². The summed E-state index contributed by atoms with van der Waals surface area (Å²) < 4.78 is 5.33. The molecule has 0 unspecified atom stereocenters. The lowest BCUT2D eigenvalue weighted by atomic mass is 9.95. The van der Waals surface area contributed by atoms with Gasteiger partial charge in [-0.25, -0.2) is 4.98 Å². The number of hydrogen-bond donors (Lipinski definition) is 1. The highest BCUT2D eigenvalue weighted by atomic mass is 32.1. The summed E-state index contributed by atoms with van der Waals surface area (Å²) in [6, 6.07) is 6.08. The maximum Gasteiger partial charge on any atom is 0.259 e. The average molecular weight is 341 g/mol. The molecule has 0 spiro atoms. The Morgan fingerprint density at radius 1 is 1.33 bits per heavy atom. The average Bonchev–Trinajstić information content (AvgIpc) is 3.25. The molecule has 5 nitrogen and oxygen atoms in total. The van der Waals surface area contributed by atoms with Gasteiger partial charge in [-0.15, -0.1) is 11.3 Å². The van der Waals surface area contributed by atoms with Crippen LogP contribution in [0.1, 0.15) is 48.2 Å². The van der Waals surface area contributed by atoms with E-state index in [4.69, 9.17) is 4.52 Å². The molecule has 0 aliphatic heterocycles. The van der Waals surface area contributed by atoms with Crippen LogP contribution in [0.4, 0.5) is 0 Å². The normalized spacial score (nSPS) is 15.7. The second-order valence-electron chi connectivity index (χ2n) is 6.29. The highest BCUT2D eigenvalue weighted by Crippen LogP contribution is 2.29. The number of amides is 1. The highest BCUT2D eigenvalue weighted by molar-refractivity contribution is 7.13. The molecule has 1 saturated carbocycles. The van der Waals surface area contributed by atoms with Gasteiger partial charge in [-0.3, -0.25) is 4.79 Å². The van der Waals surface area contributed by atoms with Crippen molar-refractivity contribution in [3.63, 3.8) is 0 Å². The third-order valence-corrected chi connectivity index (χ3v) is 5.47. The van der Waals surface area contributed by atoms with Gasteiger partial charge in [0.2, 0.25) is 0 Å². The van der Waals surface area contributed by atoms with Crippen molar-refractivity contribution in [2.75, 3.05) is 0 Å². The Hall–Kier alpha value is -2.21. The second kappa shape index (κ2) is 6.36. The molecule has 6 heteroatoms. The van der Waals surface area contributed by atoms with Crippen LogP contribution in [0.5, 0.6) is 0 Å². The first-order valence-corrected chi connectivity index (χ1v) is 9.22. The number of rotatable bonds is 3. The number of nitrogens with one attached hydrogen (secondary N) is 1. The summed E-state index contributed by atoms with van der Waals surface area (Å²) in [6.07, 6.45) is 5.74. The molecule has 0 radical (unpaired) electrons. The number of aromatic nitrogens is 2. The van der Waals surface area contributed by atoms with Gasteiger partial charge in [0.1, 0.15) is 0 Å². The summed E-state index contributed by atoms with van der Waals surface area (Å²) in [5, 5.41) is 9.88. The van der Waals surface area contributed by atoms with Crippen LogP contribution in [-0.4, -0.2) is 22.1 Å². The fourth-order valence-corrected chi connectivity index (χ4v) is 4.02. The molecule has 4 rings (SSSR count). The van der Waals surface area contributed by atoms with E-state index in [0.717, 1.165) is 23.4 Å². The van der Waals surface area contributed by atoms with Crippen LogP contribution in [0, 0.1) is 6.92 Å². The van der Waals surface area contributed by atoms with Crippen LogP contribution in [0.15, 0.2) is 28.1 Å². The van der Waals surface area contributed by atoms with Gasteiger partial charge in [0.15, 0.2) is 0 Å². The van der Waals surface area contributed by atoms with Crippen molar-refractivity contribution in [3.05, 3.63) is 34.8 Å². The van der Waals surface area contributed by atoms with Crippen molar-refractivity contribution in [1.82, 2.24) is 15.5 Å². The first-order valence-electron chi connectivity index (χ1n) is 8.34. The summed E-state index contributed by atoms with van der Waals surface area (Å²) in [5.74, 6) is -0.0570. The standard InChI is InChI=1S/C18H19N3O2S/c1-11-16-13(17(22)19-12-6-3-2-4-7-12)10-14(15-8-5-9-24-15)20-18(16)23-21-11/h5,8-10,12H,2-4,6-7H2,1H3,(H,19,22). The minimum atomic E-state index is -0.0570. The molecule has 24 heavy (non-hydrogen) atoms. The monoisotopic (exact) mass is 341 g/mol. The largest absolute Gasteiger partial charge is 0.349 e. The van der Waals surface area contributed by atoms with Crippen LogP contribution in [0.3, 0.4) is 0 Å². The van der Waals surface area contributed by atoms with E-state index in [1.165, 1.54) is 19.3 Å². The topological polar surface area (TPSA) is 68.0 Å². The molecule has 1 fully saturated rings.